The number of anilines is 1. The van der Waals surface area contributed by atoms with Crippen LogP contribution in [-0.2, 0) is 10.0 Å². The van der Waals surface area contributed by atoms with Crippen LogP contribution >= 0.6 is 11.6 Å². The number of rotatable bonds is 4. The third-order valence-corrected chi connectivity index (χ3v) is 7.58. The molecule has 1 aromatic heterocycles. The molecule has 2 aliphatic rings. The van der Waals surface area contributed by atoms with Crippen LogP contribution in [0.15, 0.2) is 47.5 Å². The summed E-state index contributed by atoms with van der Waals surface area (Å²) in [5, 5.41) is 0.489. The number of nitrogens with zero attached hydrogens (tertiary/aromatic N) is 4. The van der Waals surface area contributed by atoms with E-state index in [2.05, 4.69) is 9.88 Å². The van der Waals surface area contributed by atoms with E-state index in [1.807, 2.05) is 12.1 Å². The third kappa shape index (κ3) is 4.24. The number of sulfonamides is 1. The van der Waals surface area contributed by atoms with Gasteiger partial charge in [-0.05, 0) is 49.2 Å². The van der Waals surface area contributed by atoms with Crippen LogP contribution < -0.4 is 4.90 Å². The molecule has 0 atom stereocenters. The predicted octanol–water partition coefficient (Wildman–Crippen LogP) is 2.48. The molecule has 1 aromatic carbocycles. The average molecular weight is 435 g/mol. The van der Waals surface area contributed by atoms with Gasteiger partial charge in [0.05, 0.1) is 4.90 Å². The quantitative estimate of drug-likeness (QED) is 0.739. The minimum absolute atomic E-state index is 0.158. The second-order valence-corrected chi connectivity index (χ2v) is 9.62. The molecule has 3 heterocycles. The van der Waals surface area contributed by atoms with E-state index in [-0.39, 0.29) is 23.9 Å². The molecule has 154 valence electrons. The lowest BCUT2D eigenvalue weighted by Gasteiger charge is -2.34. The maximum Gasteiger partial charge on any atom is 0.272 e. The van der Waals surface area contributed by atoms with E-state index in [9.17, 15) is 13.2 Å². The SMILES string of the molecule is O=C(c1cc(N2CCCC2)ccn1)N1CCN(S(=O)(=O)c2ccc(Cl)cc2)CC1. The molecule has 1 amide bonds. The van der Waals surface area contributed by atoms with E-state index in [4.69, 9.17) is 11.6 Å². The van der Waals surface area contributed by atoms with Crippen LogP contribution in [0, 0.1) is 0 Å². The molecule has 0 N–H and O–H groups in total. The fraction of sp³-hybridized carbons (Fsp3) is 0.400. The number of carbonyl (C=O) groups is 1. The Labute approximate surface area is 175 Å². The number of carbonyl (C=O) groups excluding carboxylic acids is 1. The number of amides is 1. The van der Waals surface area contributed by atoms with Crippen molar-refractivity contribution >= 4 is 33.2 Å². The zero-order valence-electron chi connectivity index (χ0n) is 16.0. The van der Waals surface area contributed by atoms with Gasteiger partial charge in [-0.25, -0.2) is 8.42 Å². The van der Waals surface area contributed by atoms with Gasteiger partial charge in [0.1, 0.15) is 5.69 Å². The van der Waals surface area contributed by atoms with E-state index in [1.54, 1.807) is 23.2 Å². The molecule has 0 saturated carbocycles. The first-order valence-corrected chi connectivity index (χ1v) is 11.5. The maximum atomic E-state index is 12.9. The lowest BCUT2D eigenvalue weighted by Crippen LogP contribution is -2.50. The van der Waals surface area contributed by atoms with Crippen molar-refractivity contribution in [2.75, 3.05) is 44.2 Å². The Morgan fingerprint density at radius 1 is 0.931 bits per heavy atom. The molecule has 9 heteroatoms. The van der Waals surface area contributed by atoms with Gasteiger partial charge < -0.3 is 9.80 Å². The topological polar surface area (TPSA) is 73.8 Å². The van der Waals surface area contributed by atoms with Gasteiger partial charge >= 0.3 is 0 Å². The Balaban J connectivity index is 1.42. The van der Waals surface area contributed by atoms with Gasteiger partial charge in [0.15, 0.2) is 0 Å². The second kappa shape index (κ2) is 8.30. The molecule has 7 nitrogen and oxygen atoms in total. The van der Waals surface area contributed by atoms with Crippen LogP contribution in [0.1, 0.15) is 23.3 Å². The van der Waals surface area contributed by atoms with Gasteiger partial charge in [0, 0.05) is 56.2 Å². The first-order chi connectivity index (χ1) is 13.9. The van der Waals surface area contributed by atoms with Crippen LogP contribution in [0.25, 0.3) is 0 Å². The highest BCUT2D eigenvalue weighted by atomic mass is 35.5. The summed E-state index contributed by atoms with van der Waals surface area (Å²) in [4.78, 5) is 21.3. The second-order valence-electron chi connectivity index (χ2n) is 7.24. The standard InChI is InChI=1S/C20H23ClN4O3S/c21-16-3-5-18(6-4-16)29(27,28)25-13-11-24(12-14-25)20(26)19-15-17(7-8-22-19)23-9-1-2-10-23/h3-8,15H,1-2,9-14H2. The van der Waals surface area contributed by atoms with Gasteiger partial charge in [-0.2, -0.15) is 4.31 Å². The number of halogens is 1. The first-order valence-electron chi connectivity index (χ1n) is 9.71. The fourth-order valence-corrected chi connectivity index (χ4v) is 5.31. The van der Waals surface area contributed by atoms with Crippen LogP contribution in [0.3, 0.4) is 0 Å². The Kier molecular flexibility index (Phi) is 5.76. The highest BCUT2D eigenvalue weighted by Crippen LogP contribution is 2.22. The smallest absolute Gasteiger partial charge is 0.272 e. The van der Waals surface area contributed by atoms with Crippen molar-refractivity contribution in [2.45, 2.75) is 17.7 Å². The van der Waals surface area contributed by atoms with Crippen molar-refractivity contribution in [3.8, 4) is 0 Å². The van der Waals surface area contributed by atoms with Gasteiger partial charge in [-0.15, -0.1) is 0 Å². The highest BCUT2D eigenvalue weighted by molar-refractivity contribution is 7.89. The highest BCUT2D eigenvalue weighted by Gasteiger charge is 2.31. The van der Waals surface area contributed by atoms with Crippen molar-refractivity contribution in [3.63, 3.8) is 0 Å². The molecule has 0 spiro atoms. The van der Waals surface area contributed by atoms with Gasteiger partial charge in [-0.3, -0.25) is 9.78 Å². The Morgan fingerprint density at radius 3 is 2.24 bits per heavy atom. The minimum atomic E-state index is -3.60. The Hall–Kier alpha value is -2.16. The first kappa shape index (κ1) is 20.1. The van der Waals surface area contributed by atoms with Gasteiger partial charge in [0.2, 0.25) is 10.0 Å². The molecule has 0 radical (unpaired) electrons. The Morgan fingerprint density at radius 2 is 1.59 bits per heavy atom. The fourth-order valence-electron chi connectivity index (χ4n) is 3.76. The van der Waals surface area contributed by atoms with Crippen molar-refractivity contribution in [1.82, 2.24) is 14.2 Å². The predicted molar refractivity (Wildman–Crippen MR) is 112 cm³/mol. The number of hydrogen-bond donors (Lipinski definition) is 0. The molecule has 2 aliphatic heterocycles. The summed E-state index contributed by atoms with van der Waals surface area (Å²) in [5.41, 5.74) is 1.42. The van der Waals surface area contributed by atoms with E-state index >= 15 is 0 Å². The Bertz CT molecular complexity index is 983. The summed E-state index contributed by atoms with van der Waals surface area (Å²) in [6.07, 6.45) is 3.99. The zero-order valence-corrected chi connectivity index (χ0v) is 17.6. The van der Waals surface area contributed by atoms with Crippen LogP contribution in [0.5, 0.6) is 0 Å². The zero-order chi connectivity index (χ0) is 20.4. The van der Waals surface area contributed by atoms with Crippen LogP contribution in [0.4, 0.5) is 5.69 Å². The van der Waals surface area contributed by atoms with Crippen molar-refractivity contribution in [1.29, 1.82) is 0 Å². The van der Waals surface area contributed by atoms with E-state index in [0.717, 1.165) is 31.6 Å². The van der Waals surface area contributed by atoms with Gasteiger partial charge in [0.25, 0.3) is 5.91 Å². The lowest BCUT2D eigenvalue weighted by molar-refractivity contribution is 0.0692. The van der Waals surface area contributed by atoms with Gasteiger partial charge in [-0.1, -0.05) is 11.6 Å². The van der Waals surface area contributed by atoms with E-state index in [0.29, 0.717) is 23.8 Å². The number of benzene rings is 1. The summed E-state index contributed by atoms with van der Waals surface area (Å²) in [6.45, 7) is 3.17. The number of hydrogen-bond acceptors (Lipinski definition) is 5. The molecule has 2 aromatic rings. The summed E-state index contributed by atoms with van der Waals surface area (Å²) in [6, 6.07) is 9.90. The molecule has 4 rings (SSSR count). The van der Waals surface area contributed by atoms with Crippen LogP contribution in [-0.4, -0.2) is 67.8 Å². The molecular weight excluding hydrogens is 412 g/mol. The van der Waals surface area contributed by atoms with E-state index in [1.165, 1.54) is 16.4 Å². The monoisotopic (exact) mass is 434 g/mol. The largest absolute Gasteiger partial charge is 0.371 e. The molecule has 0 aliphatic carbocycles. The van der Waals surface area contributed by atoms with Crippen molar-refractivity contribution in [3.05, 3.63) is 53.3 Å². The molecule has 0 bridgehead atoms. The van der Waals surface area contributed by atoms with Crippen LogP contribution in [0.2, 0.25) is 5.02 Å². The number of pyridine rings is 1. The third-order valence-electron chi connectivity index (χ3n) is 5.41. The average Bonchev–Trinajstić information content (AvgIpc) is 3.29. The normalized spacial score (nSPS) is 18.2. The number of piperazine rings is 1. The molecule has 29 heavy (non-hydrogen) atoms. The molecule has 2 fully saturated rings. The summed E-state index contributed by atoms with van der Waals surface area (Å²) in [5.74, 6) is -0.158. The minimum Gasteiger partial charge on any atom is -0.371 e. The number of aromatic nitrogens is 1. The molecular formula is C20H23ClN4O3S. The summed E-state index contributed by atoms with van der Waals surface area (Å²) < 4.78 is 27.0. The summed E-state index contributed by atoms with van der Waals surface area (Å²) in [7, 11) is -3.60. The molecule has 0 unspecified atom stereocenters. The van der Waals surface area contributed by atoms with Crippen molar-refractivity contribution < 1.29 is 13.2 Å². The summed E-state index contributed by atoms with van der Waals surface area (Å²) >= 11 is 5.85. The lowest BCUT2D eigenvalue weighted by atomic mass is 10.2. The maximum absolute atomic E-state index is 12.9. The molecule has 2 saturated heterocycles. The van der Waals surface area contributed by atoms with Crippen molar-refractivity contribution in [2.24, 2.45) is 0 Å². The van der Waals surface area contributed by atoms with E-state index < -0.39 is 10.0 Å².